The topological polar surface area (TPSA) is 120 Å². The van der Waals surface area contributed by atoms with Gasteiger partial charge in [0.05, 0.1) is 17.9 Å². The van der Waals surface area contributed by atoms with E-state index in [1.165, 1.54) is 23.1 Å². The van der Waals surface area contributed by atoms with Crippen LogP contribution in [-0.4, -0.2) is 48.0 Å². The number of nitrogens with one attached hydrogen (secondary N) is 1. The van der Waals surface area contributed by atoms with Gasteiger partial charge in [-0.3, -0.25) is 9.15 Å². The second kappa shape index (κ2) is 8.65. The Morgan fingerprint density at radius 3 is 2.74 bits per heavy atom. The van der Waals surface area contributed by atoms with Crippen molar-refractivity contribution in [3.63, 3.8) is 0 Å². The summed E-state index contributed by atoms with van der Waals surface area (Å²) in [5.41, 5.74) is 2.44. The summed E-state index contributed by atoms with van der Waals surface area (Å²) >= 11 is 6.13. The molecule has 1 fully saturated rings. The zero-order chi connectivity index (χ0) is 22.2. The first-order valence-electron chi connectivity index (χ1n) is 9.98. The highest BCUT2D eigenvalue weighted by molar-refractivity contribution is 7.91. The molecule has 0 atom stereocenters. The van der Waals surface area contributed by atoms with Crippen LogP contribution in [0.4, 0.5) is 16.2 Å². The van der Waals surface area contributed by atoms with Gasteiger partial charge in [-0.25, -0.2) is 9.10 Å². The molecule has 12 heteroatoms. The first-order chi connectivity index (χ1) is 14.8. The van der Waals surface area contributed by atoms with E-state index >= 15 is 0 Å². The van der Waals surface area contributed by atoms with Crippen LogP contribution in [0.15, 0.2) is 24.5 Å². The summed E-state index contributed by atoms with van der Waals surface area (Å²) in [7, 11) is -3.09. The van der Waals surface area contributed by atoms with Gasteiger partial charge in [-0.2, -0.15) is 13.5 Å². The molecule has 1 aromatic carbocycles. The zero-order valence-corrected chi connectivity index (χ0v) is 18.5. The Kier molecular flexibility index (Phi) is 6.11. The lowest BCUT2D eigenvalue weighted by Crippen LogP contribution is -2.51. The summed E-state index contributed by atoms with van der Waals surface area (Å²) in [6.07, 6.45) is 6.06. The number of carbonyl (C=O) groups excluding carboxylic acids is 1. The van der Waals surface area contributed by atoms with E-state index in [1.54, 1.807) is 7.05 Å². The fourth-order valence-electron chi connectivity index (χ4n) is 4.10. The number of halogens is 1. The van der Waals surface area contributed by atoms with Gasteiger partial charge in [-0.1, -0.05) is 11.6 Å². The summed E-state index contributed by atoms with van der Waals surface area (Å²) in [6.45, 7) is 0.716. The number of hydrogen-bond donors (Lipinski definition) is 1. The third-order valence-corrected chi connectivity index (χ3v) is 7.32. The van der Waals surface area contributed by atoms with E-state index in [0.29, 0.717) is 36.8 Å². The molecule has 0 spiro atoms. The molecule has 0 radical (unpaired) electrons. The van der Waals surface area contributed by atoms with Gasteiger partial charge in [-0.15, -0.1) is 0 Å². The van der Waals surface area contributed by atoms with Crippen LogP contribution < -0.4 is 9.62 Å². The lowest BCUT2D eigenvalue weighted by molar-refractivity contribution is 0.0874. The number of nitrogens with zero attached hydrogens (tertiary/aromatic N) is 4. The van der Waals surface area contributed by atoms with E-state index in [9.17, 15) is 18.4 Å². The minimum atomic E-state index is -4.73. The van der Waals surface area contributed by atoms with Crippen LogP contribution in [0.2, 0.25) is 5.02 Å². The fraction of sp³-hybridized carbons (Fsp3) is 0.474. The van der Waals surface area contributed by atoms with E-state index in [4.69, 9.17) is 16.3 Å². The van der Waals surface area contributed by atoms with Crippen molar-refractivity contribution in [2.75, 3.05) is 22.8 Å². The summed E-state index contributed by atoms with van der Waals surface area (Å²) in [6, 6.07) is 1.53. The summed E-state index contributed by atoms with van der Waals surface area (Å²) < 4.78 is 33.7. The fourth-order valence-corrected chi connectivity index (χ4v) is 5.70. The molecule has 0 unspecified atom stereocenters. The van der Waals surface area contributed by atoms with Crippen molar-refractivity contribution in [1.29, 1.82) is 0 Å². The number of rotatable bonds is 5. The van der Waals surface area contributed by atoms with Gasteiger partial charge in [-0.05, 0) is 55.4 Å². The van der Waals surface area contributed by atoms with E-state index in [1.807, 2.05) is 6.07 Å². The molecular weight excluding hydrogens is 446 g/mol. The number of carbonyl (C=O) groups is 1. The standard InChI is InChI=1S/C19H23ClN5O5S/c1-23-12-16(11-21-23)24(15-5-7-30-8-6-15)31(28,29)25(27)19(26)22-18-10-14(20)9-13-3-2-4-17(13)18/h9-12,15H,2-8H2,1H3,(H,22,26)/q-1. The average Bonchev–Trinajstić information content (AvgIpc) is 3.37. The molecule has 2 aromatic rings. The van der Waals surface area contributed by atoms with E-state index in [2.05, 4.69) is 10.4 Å². The van der Waals surface area contributed by atoms with E-state index in [-0.39, 0.29) is 5.69 Å². The van der Waals surface area contributed by atoms with E-state index < -0.39 is 26.8 Å². The van der Waals surface area contributed by atoms with Gasteiger partial charge in [0.15, 0.2) is 0 Å². The predicted molar refractivity (Wildman–Crippen MR) is 116 cm³/mol. The lowest BCUT2D eigenvalue weighted by atomic mass is 10.1. The molecule has 2 amide bonds. The van der Waals surface area contributed by atoms with Crippen molar-refractivity contribution in [2.45, 2.75) is 38.1 Å². The summed E-state index contributed by atoms with van der Waals surface area (Å²) in [4.78, 5) is 12.7. The van der Waals surface area contributed by atoms with Gasteiger partial charge in [0.25, 0.3) is 0 Å². The summed E-state index contributed by atoms with van der Waals surface area (Å²) in [5, 5.41) is 19.7. The number of benzene rings is 1. The first kappa shape index (κ1) is 21.9. The molecule has 1 aromatic heterocycles. The Morgan fingerprint density at radius 1 is 1.32 bits per heavy atom. The molecule has 1 saturated heterocycles. The smallest absolute Gasteiger partial charge is 0.326 e. The molecule has 0 saturated carbocycles. The minimum Gasteiger partial charge on any atom is -0.740 e. The van der Waals surface area contributed by atoms with E-state index in [0.717, 1.165) is 34.7 Å². The quantitative estimate of drug-likeness (QED) is 0.673. The molecule has 2 aliphatic rings. The van der Waals surface area contributed by atoms with Gasteiger partial charge in [0, 0.05) is 37.2 Å². The maximum atomic E-state index is 13.2. The Morgan fingerprint density at radius 2 is 2.06 bits per heavy atom. The van der Waals surface area contributed by atoms with Crippen LogP contribution >= 0.6 is 11.6 Å². The molecule has 168 valence electrons. The van der Waals surface area contributed by atoms with Crippen molar-refractivity contribution < 1.29 is 17.9 Å². The number of anilines is 2. The van der Waals surface area contributed by atoms with Crippen molar-refractivity contribution >= 4 is 39.2 Å². The number of aryl methyl sites for hydroxylation is 2. The van der Waals surface area contributed by atoms with Gasteiger partial charge >= 0.3 is 16.2 Å². The minimum absolute atomic E-state index is 0.215. The SMILES string of the molecule is Cn1cc(N(C2CCOCC2)S(=O)(=O)N([O-])C(=O)Nc2cc(Cl)cc3c2CCC3)cn1. The van der Waals surface area contributed by atoms with Crippen molar-refractivity contribution in [1.82, 2.24) is 14.2 Å². The van der Waals surface area contributed by atoms with Gasteiger partial charge in [0.2, 0.25) is 0 Å². The second-order valence-corrected chi connectivity index (χ2v) is 9.68. The van der Waals surface area contributed by atoms with Crippen LogP contribution in [0.25, 0.3) is 0 Å². The van der Waals surface area contributed by atoms with Crippen molar-refractivity contribution in [3.05, 3.63) is 45.9 Å². The molecule has 10 nitrogen and oxygen atoms in total. The highest BCUT2D eigenvalue weighted by Gasteiger charge is 2.35. The Hall–Kier alpha value is -2.34. The monoisotopic (exact) mass is 468 g/mol. The van der Waals surface area contributed by atoms with Crippen LogP contribution in [0.5, 0.6) is 0 Å². The van der Waals surface area contributed by atoms with Crippen molar-refractivity contribution in [3.8, 4) is 0 Å². The maximum Gasteiger partial charge on any atom is 0.326 e. The molecular formula is C19H23ClN5O5S-. The molecule has 1 aliphatic carbocycles. The highest BCUT2D eigenvalue weighted by atomic mass is 35.5. The maximum absolute atomic E-state index is 13.2. The molecule has 2 heterocycles. The molecule has 31 heavy (non-hydrogen) atoms. The van der Waals surface area contributed by atoms with Gasteiger partial charge < -0.3 is 15.3 Å². The number of hydroxylamine groups is 1. The number of aromatic nitrogens is 2. The number of fused-ring (bicyclic) bond motifs is 1. The highest BCUT2D eigenvalue weighted by Crippen LogP contribution is 2.33. The van der Waals surface area contributed by atoms with Crippen LogP contribution in [0.1, 0.15) is 30.4 Å². The number of hydrogen-bond acceptors (Lipinski definition) is 6. The van der Waals surface area contributed by atoms with Crippen LogP contribution in [-0.2, 0) is 34.8 Å². The number of ether oxygens (including phenoxy) is 1. The van der Waals surface area contributed by atoms with Gasteiger partial charge in [0.1, 0.15) is 0 Å². The lowest BCUT2D eigenvalue weighted by Gasteiger charge is -2.39. The van der Waals surface area contributed by atoms with Crippen LogP contribution in [0.3, 0.4) is 0 Å². The Balaban J connectivity index is 1.62. The Bertz CT molecular complexity index is 1080. The Labute approximate surface area is 185 Å². The zero-order valence-electron chi connectivity index (χ0n) is 17.0. The van der Waals surface area contributed by atoms with Crippen molar-refractivity contribution in [2.24, 2.45) is 7.05 Å². The largest absolute Gasteiger partial charge is 0.740 e. The molecule has 0 bridgehead atoms. The average molecular weight is 469 g/mol. The first-order valence-corrected chi connectivity index (χ1v) is 11.8. The number of urea groups is 1. The second-order valence-electron chi connectivity index (χ2n) is 7.62. The third kappa shape index (κ3) is 4.36. The number of amides is 2. The summed E-state index contributed by atoms with van der Waals surface area (Å²) in [5.74, 6) is 0. The molecule has 1 N–H and O–H groups in total. The third-order valence-electron chi connectivity index (χ3n) is 5.51. The predicted octanol–water partition coefficient (Wildman–Crippen LogP) is 2.82. The molecule has 4 rings (SSSR count). The molecule has 1 aliphatic heterocycles. The van der Waals surface area contributed by atoms with Crippen LogP contribution in [0, 0.1) is 5.21 Å². The normalized spacial score (nSPS) is 16.7.